The van der Waals surface area contributed by atoms with Crippen molar-refractivity contribution in [3.05, 3.63) is 0 Å². The van der Waals surface area contributed by atoms with Gasteiger partial charge in [-0.3, -0.25) is 0 Å². The molecule has 0 aromatic carbocycles. The molecule has 30 heavy (non-hydrogen) atoms. The van der Waals surface area contributed by atoms with Gasteiger partial charge in [0.2, 0.25) is 0 Å². The summed E-state index contributed by atoms with van der Waals surface area (Å²) in [5.74, 6) is 3.01. The Balaban J connectivity index is 0.00000124. The molecule has 4 heteroatoms. The van der Waals surface area contributed by atoms with Crippen LogP contribution in [0.25, 0.3) is 0 Å². The van der Waals surface area contributed by atoms with Crippen LogP contribution in [0.1, 0.15) is 99.3 Å². The number of halogens is 3. The lowest BCUT2D eigenvalue weighted by Crippen LogP contribution is -2.53. The number of rotatable bonds is 5. The van der Waals surface area contributed by atoms with E-state index >= 15 is 0 Å². The predicted octanol–water partition coefficient (Wildman–Crippen LogP) is 8.28. The van der Waals surface area contributed by atoms with Crippen LogP contribution >= 0.6 is 0 Å². The quantitative estimate of drug-likeness (QED) is 0.400. The lowest BCUT2D eigenvalue weighted by molar-refractivity contribution is -0.178. The highest BCUT2D eigenvalue weighted by Crippen LogP contribution is 2.68. The van der Waals surface area contributed by atoms with Gasteiger partial charge in [-0.1, -0.05) is 48.0 Å². The second kappa shape index (κ2) is 8.94. The third kappa shape index (κ3) is 4.33. The van der Waals surface area contributed by atoms with E-state index < -0.39 is 12.6 Å². The van der Waals surface area contributed by atoms with E-state index in [0.29, 0.717) is 35.2 Å². The van der Waals surface area contributed by atoms with Crippen molar-refractivity contribution in [1.82, 2.24) is 0 Å². The predicted molar refractivity (Wildman–Crippen MR) is 117 cm³/mol. The second-order valence-corrected chi connectivity index (χ2v) is 11.2. The first-order valence-corrected chi connectivity index (χ1v) is 12.8. The summed E-state index contributed by atoms with van der Waals surface area (Å²) >= 11 is 0. The molecule has 3 aliphatic carbocycles. The molecular weight excluding hydrogens is 385 g/mol. The maximum atomic E-state index is 13.3. The SMILES string of the molecule is CC.CCCC1(C)C(CC(F)(F)F)CCC2C1CCC1(C)C2CCC1[C@H](C)C1CO1. The summed E-state index contributed by atoms with van der Waals surface area (Å²) in [7, 11) is 0. The fourth-order valence-electron chi connectivity index (χ4n) is 8.60. The molecule has 0 aromatic heterocycles. The van der Waals surface area contributed by atoms with Crippen molar-refractivity contribution in [2.75, 3.05) is 6.61 Å². The Hall–Kier alpha value is -0.250. The van der Waals surface area contributed by atoms with Gasteiger partial charge in [-0.2, -0.15) is 13.2 Å². The molecule has 0 N–H and O–H groups in total. The molecule has 0 bridgehead atoms. The molecule has 3 saturated carbocycles. The molecule has 9 atom stereocenters. The van der Waals surface area contributed by atoms with E-state index in [1.54, 1.807) is 0 Å². The summed E-state index contributed by atoms with van der Waals surface area (Å²) in [6, 6.07) is 0. The molecule has 0 radical (unpaired) electrons. The van der Waals surface area contributed by atoms with Gasteiger partial charge in [0.25, 0.3) is 0 Å². The normalized spacial score (nSPS) is 46.3. The van der Waals surface area contributed by atoms with Gasteiger partial charge in [-0.15, -0.1) is 0 Å². The van der Waals surface area contributed by atoms with Crippen molar-refractivity contribution >= 4 is 0 Å². The fraction of sp³-hybridized carbons (Fsp3) is 1.00. The molecule has 8 unspecified atom stereocenters. The number of epoxide rings is 1. The Morgan fingerprint density at radius 3 is 2.23 bits per heavy atom. The summed E-state index contributed by atoms with van der Waals surface area (Å²) in [6.45, 7) is 14.2. The maximum absolute atomic E-state index is 13.3. The molecule has 1 heterocycles. The monoisotopic (exact) mass is 430 g/mol. The number of ether oxygens (including phenoxy) is 1. The third-order valence-corrected chi connectivity index (χ3v) is 9.99. The highest BCUT2D eigenvalue weighted by atomic mass is 19.4. The molecule has 1 saturated heterocycles. The number of alkyl halides is 3. The smallest absolute Gasteiger partial charge is 0.373 e. The molecule has 0 amide bonds. The first kappa shape index (κ1) is 24.4. The summed E-state index contributed by atoms with van der Waals surface area (Å²) < 4.78 is 45.6. The molecule has 4 aliphatic rings. The minimum Gasteiger partial charge on any atom is -0.373 e. The molecule has 4 fully saturated rings. The Morgan fingerprint density at radius 2 is 1.67 bits per heavy atom. The van der Waals surface area contributed by atoms with Crippen LogP contribution in [0.15, 0.2) is 0 Å². The highest BCUT2D eigenvalue weighted by molar-refractivity contribution is 5.09. The van der Waals surface area contributed by atoms with Crippen LogP contribution < -0.4 is 0 Å². The van der Waals surface area contributed by atoms with Gasteiger partial charge >= 0.3 is 6.18 Å². The Kier molecular flexibility index (Phi) is 7.27. The zero-order valence-electron chi connectivity index (χ0n) is 20.2. The van der Waals surface area contributed by atoms with E-state index in [9.17, 15) is 13.2 Å². The zero-order chi connectivity index (χ0) is 22.3. The number of hydrogen-bond donors (Lipinski definition) is 0. The largest absolute Gasteiger partial charge is 0.389 e. The molecule has 0 spiro atoms. The van der Waals surface area contributed by atoms with Crippen LogP contribution in [0.4, 0.5) is 13.2 Å². The Morgan fingerprint density at radius 1 is 1.00 bits per heavy atom. The average molecular weight is 431 g/mol. The number of hydrogen-bond acceptors (Lipinski definition) is 1. The van der Waals surface area contributed by atoms with Crippen LogP contribution in [0.2, 0.25) is 0 Å². The average Bonchev–Trinajstić information content (AvgIpc) is 3.46. The first-order chi connectivity index (χ1) is 14.1. The summed E-state index contributed by atoms with van der Waals surface area (Å²) in [4.78, 5) is 0. The molecular formula is C26H45F3O. The fourth-order valence-corrected chi connectivity index (χ4v) is 8.60. The lowest BCUT2D eigenvalue weighted by Gasteiger charge is -2.59. The van der Waals surface area contributed by atoms with Gasteiger partial charge in [-0.05, 0) is 91.3 Å². The molecule has 1 nitrogen and oxygen atoms in total. The van der Waals surface area contributed by atoms with Gasteiger partial charge < -0.3 is 4.74 Å². The Labute approximate surface area is 182 Å². The lowest BCUT2D eigenvalue weighted by atomic mass is 9.45. The zero-order valence-corrected chi connectivity index (χ0v) is 20.2. The minimum atomic E-state index is -4.03. The van der Waals surface area contributed by atoms with Crippen LogP contribution in [0.5, 0.6) is 0 Å². The summed E-state index contributed by atoms with van der Waals surface area (Å²) in [6.07, 6.45) is 4.51. The van der Waals surface area contributed by atoms with Crippen molar-refractivity contribution < 1.29 is 17.9 Å². The van der Waals surface area contributed by atoms with E-state index in [0.717, 1.165) is 44.6 Å². The van der Waals surface area contributed by atoms with E-state index in [4.69, 9.17) is 4.74 Å². The van der Waals surface area contributed by atoms with Crippen molar-refractivity contribution in [2.45, 2.75) is 112 Å². The van der Waals surface area contributed by atoms with Crippen LogP contribution in [-0.4, -0.2) is 18.9 Å². The van der Waals surface area contributed by atoms with Gasteiger partial charge in [0.05, 0.1) is 12.7 Å². The van der Waals surface area contributed by atoms with E-state index in [1.807, 2.05) is 13.8 Å². The minimum absolute atomic E-state index is 0.141. The molecule has 176 valence electrons. The van der Waals surface area contributed by atoms with Crippen molar-refractivity contribution in [3.8, 4) is 0 Å². The topological polar surface area (TPSA) is 12.5 Å². The van der Waals surface area contributed by atoms with Gasteiger partial charge in [-0.25, -0.2) is 0 Å². The second-order valence-electron chi connectivity index (χ2n) is 11.2. The van der Waals surface area contributed by atoms with E-state index in [1.165, 1.54) is 19.3 Å². The van der Waals surface area contributed by atoms with Gasteiger partial charge in [0.15, 0.2) is 0 Å². The first-order valence-electron chi connectivity index (χ1n) is 12.8. The molecule has 4 rings (SSSR count). The van der Waals surface area contributed by atoms with Crippen LogP contribution in [0.3, 0.4) is 0 Å². The Bertz CT molecular complexity index is 571. The van der Waals surface area contributed by atoms with Crippen molar-refractivity contribution in [1.29, 1.82) is 0 Å². The van der Waals surface area contributed by atoms with Gasteiger partial charge in [0.1, 0.15) is 0 Å². The molecule has 0 aromatic rings. The van der Waals surface area contributed by atoms with Gasteiger partial charge in [0, 0.05) is 6.42 Å². The maximum Gasteiger partial charge on any atom is 0.389 e. The van der Waals surface area contributed by atoms with E-state index in [2.05, 4.69) is 27.7 Å². The standard InChI is InChI=1S/C24H39F3O.C2H6/c1-5-11-22(3)16(13-24(25,26)27)6-7-17-19-9-8-18(15(2)21-14-28-21)23(19,4)12-10-20(17)22;1-2/h15-21H,5-14H2,1-4H3;1-2H3/t15-,16?,17?,18?,19?,20?,21?,22?,23?;/m0./s1. The number of fused-ring (bicyclic) bond motifs is 3. The van der Waals surface area contributed by atoms with Crippen LogP contribution in [-0.2, 0) is 4.74 Å². The highest BCUT2D eigenvalue weighted by Gasteiger charge is 2.61. The van der Waals surface area contributed by atoms with E-state index in [-0.39, 0.29) is 11.3 Å². The third-order valence-electron chi connectivity index (χ3n) is 9.99. The van der Waals surface area contributed by atoms with Crippen molar-refractivity contribution in [3.63, 3.8) is 0 Å². The molecule has 1 aliphatic heterocycles. The summed E-state index contributed by atoms with van der Waals surface area (Å²) in [5.41, 5.74) is 0.231. The summed E-state index contributed by atoms with van der Waals surface area (Å²) in [5, 5.41) is 0. The van der Waals surface area contributed by atoms with Crippen LogP contribution in [0, 0.1) is 46.3 Å². The van der Waals surface area contributed by atoms with Crippen molar-refractivity contribution in [2.24, 2.45) is 46.3 Å².